The molecule has 0 N–H and O–H groups in total. The van der Waals surface area contributed by atoms with Crippen LogP contribution in [0.25, 0.3) is 0 Å². The Bertz CT molecular complexity index is 785. The van der Waals surface area contributed by atoms with Gasteiger partial charge in [-0.3, -0.25) is 9.36 Å². The molecule has 134 valence electrons. The SMILES string of the molecule is Cc1nccc(N2CCC(Cn3cnc(C(C)(C)C)cc3=O)CC2)n1. The normalized spacial score (nSPS) is 16.2. The van der Waals surface area contributed by atoms with E-state index >= 15 is 0 Å². The molecule has 1 saturated heterocycles. The van der Waals surface area contributed by atoms with Crippen LogP contribution in [0, 0.1) is 12.8 Å². The second kappa shape index (κ2) is 6.94. The lowest BCUT2D eigenvalue weighted by Gasteiger charge is -2.33. The molecule has 2 aromatic rings. The van der Waals surface area contributed by atoms with E-state index in [4.69, 9.17) is 0 Å². The van der Waals surface area contributed by atoms with Gasteiger partial charge in [0.05, 0.1) is 12.0 Å². The summed E-state index contributed by atoms with van der Waals surface area (Å²) in [7, 11) is 0. The van der Waals surface area contributed by atoms with Crippen molar-refractivity contribution in [2.75, 3.05) is 18.0 Å². The minimum absolute atomic E-state index is 0.0498. The highest BCUT2D eigenvalue weighted by molar-refractivity contribution is 5.37. The summed E-state index contributed by atoms with van der Waals surface area (Å²) in [5.74, 6) is 2.30. The van der Waals surface area contributed by atoms with E-state index in [1.807, 2.05) is 19.2 Å². The quantitative estimate of drug-likeness (QED) is 0.858. The molecule has 0 bridgehead atoms. The molecule has 2 aromatic heterocycles. The van der Waals surface area contributed by atoms with Gasteiger partial charge in [-0.1, -0.05) is 20.8 Å². The van der Waals surface area contributed by atoms with Crippen LogP contribution in [0.3, 0.4) is 0 Å². The summed E-state index contributed by atoms with van der Waals surface area (Å²) in [6.07, 6.45) is 5.63. The number of rotatable bonds is 3. The fraction of sp³-hybridized carbons (Fsp3) is 0.579. The van der Waals surface area contributed by atoms with Gasteiger partial charge in [-0.25, -0.2) is 15.0 Å². The lowest BCUT2D eigenvalue weighted by atomic mass is 9.92. The smallest absolute Gasteiger partial charge is 0.253 e. The highest BCUT2D eigenvalue weighted by Crippen LogP contribution is 2.23. The Hall–Kier alpha value is -2.24. The molecule has 0 aromatic carbocycles. The first-order valence-corrected chi connectivity index (χ1v) is 8.94. The molecule has 1 aliphatic heterocycles. The average molecular weight is 341 g/mol. The van der Waals surface area contributed by atoms with E-state index in [-0.39, 0.29) is 11.0 Å². The molecule has 0 atom stereocenters. The van der Waals surface area contributed by atoms with Crippen LogP contribution in [0.1, 0.15) is 45.1 Å². The molecule has 6 heteroatoms. The Morgan fingerprint density at radius 2 is 1.92 bits per heavy atom. The van der Waals surface area contributed by atoms with Gasteiger partial charge in [-0.15, -0.1) is 0 Å². The van der Waals surface area contributed by atoms with Crippen LogP contribution >= 0.6 is 0 Å². The van der Waals surface area contributed by atoms with E-state index in [2.05, 4.69) is 40.6 Å². The van der Waals surface area contributed by atoms with Gasteiger partial charge in [-0.2, -0.15) is 0 Å². The fourth-order valence-electron chi connectivity index (χ4n) is 3.22. The van der Waals surface area contributed by atoms with E-state index in [0.29, 0.717) is 5.92 Å². The third-order valence-electron chi connectivity index (χ3n) is 4.80. The summed E-state index contributed by atoms with van der Waals surface area (Å²) in [4.78, 5) is 27.8. The van der Waals surface area contributed by atoms with Crippen molar-refractivity contribution < 1.29 is 0 Å². The molecule has 3 rings (SSSR count). The van der Waals surface area contributed by atoms with Crippen molar-refractivity contribution in [2.45, 2.75) is 52.5 Å². The zero-order chi connectivity index (χ0) is 18.0. The molecule has 1 aliphatic rings. The fourth-order valence-corrected chi connectivity index (χ4v) is 3.22. The highest BCUT2D eigenvalue weighted by Gasteiger charge is 2.22. The summed E-state index contributed by atoms with van der Waals surface area (Å²) in [5.41, 5.74) is 0.802. The maximum atomic E-state index is 12.4. The Morgan fingerprint density at radius 3 is 2.52 bits per heavy atom. The number of piperidine rings is 1. The monoisotopic (exact) mass is 341 g/mol. The zero-order valence-electron chi connectivity index (χ0n) is 15.6. The number of aryl methyl sites for hydroxylation is 1. The van der Waals surface area contributed by atoms with Crippen LogP contribution < -0.4 is 10.5 Å². The van der Waals surface area contributed by atoms with Crippen molar-refractivity contribution in [3.8, 4) is 0 Å². The number of aromatic nitrogens is 4. The molecule has 0 spiro atoms. The average Bonchev–Trinajstić information content (AvgIpc) is 2.56. The number of hydrogen-bond donors (Lipinski definition) is 0. The topological polar surface area (TPSA) is 63.9 Å². The Labute approximate surface area is 149 Å². The zero-order valence-corrected chi connectivity index (χ0v) is 15.6. The summed E-state index contributed by atoms with van der Waals surface area (Å²) in [6.45, 7) is 10.8. The highest BCUT2D eigenvalue weighted by atomic mass is 16.1. The molecular weight excluding hydrogens is 314 g/mol. The first-order chi connectivity index (χ1) is 11.8. The minimum atomic E-state index is -0.0980. The van der Waals surface area contributed by atoms with Gasteiger partial charge in [0, 0.05) is 37.3 Å². The van der Waals surface area contributed by atoms with Crippen molar-refractivity contribution >= 4 is 5.82 Å². The van der Waals surface area contributed by atoms with E-state index in [9.17, 15) is 4.79 Å². The molecule has 25 heavy (non-hydrogen) atoms. The van der Waals surface area contributed by atoms with Crippen LogP contribution in [-0.4, -0.2) is 32.6 Å². The maximum Gasteiger partial charge on any atom is 0.253 e. The van der Waals surface area contributed by atoms with Gasteiger partial charge in [-0.05, 0) is 31.7 Å². The van der Waals surface area contributed by atoms with Crippen LogP contribution in [0.2, 0.25) is 0 Å². The maximum absolute atomic E-state index is 12.4. The van der Waals surface area contributed by atoms with Gasteiger partial charge in [0.1, 0.15) is 11.6 Å². The predicted molar refractivity (Wildman–Crippen MR) is 98.9 cm³/mol. The van der Waals surface area contributed by atoms with Gasteiger partial charge in [0.2, 0.25) is 0 Å². The van der Waals surface area contributed by atoms with E-state index in [1.165, 1.54) is 0 Å². The summed E-state index contributed by atoms with van der Waals surface area (Å²) >= 11 is 0. The second-order valence-corrected chi connectivity index (χ2v) is 7.91. The molecule has 6 nitrogen and oxygen atoms in total. The lowest BCUT2D eigenvalue weighted by Crippen LogP contribution is -2.37. The van der Waals surface area contributed by atoms with E-state index < -0.39 is 0 Å². The summed E-state index contributed by atoms with van der Waals surface area (Å²) in [5, 5.41) is 0. The van der Waals surface area contributed by atoms with E-state index in [0.717, 1.165) is 49.8 Å². The Balaban J connectivity index is 1.62. The van der Waals surface area contributed by atoms with Crippen molar-refractivity contribution in [3.63, 3.8) is 0 Å². The van der Waals surface area contributed by atoms with E-state index in [1.54, 1.807) is 17.0 Å². The number of anilines is 1. The summed E-state index contributed by atoms with van der Waals surface area (Å²) in [6, 6.07) is 3.64. The minimum Gasteiger partial charge on any atom is -0.356 e. The molecule has 0 unspecified atom stereocenters. The van der Waals surface area contributed by atoms with Crippen molar-refractivity contribution in [1.82, 2.24) is 19.5 Å². The second-order valence-electron chi connectivity index (χ2n) is 7.91. The summed E-state index contributed by atoms with van der Waals surface area (Å²) < 4.78 is 1.75. The van der Waals surface area contributed by atoms with Crippen LogP contribution in [0.15, 0.2) is 29.5 Å². The predicted octanol–water partition coefficient (Wildman–Crippen LogP) is 2.56. The van der Waals surface area contributed by atoms with Crippen molar-refractivity contribution in [1.29, 1.82) is 0 Å². The molecule has 1 fully saturated rings. The first kappa shape index (κ1) is 17.6. The first-order valence-electron chi connectivity index (χ1n) is 8.94. The molecule has 3 heterocycles. The third-order valence-corrected chi connectivity index (χ3v) is 4.80. The third kappa shape index (κ3) is 4.24. The molecule has 0 saturated carbocycles. The number of hydrogen-bond acceptors (Lipinski definition) is 5. The van der Waals surface area contributed by atoms with Crippen LogP contribution in [-0.2, 0) is 12.0 Å². The Morgan fingerprint density at radius 1 is 1.20 bits per heavy atom. The van der Waals surface area contributed by atoms with Gasteiger partial charge >= 0.3 is 0 Å². The Kier molecular flexibility index (Phi) is 4.88. The standard InChI is InChI=1S/C19H27N5O/c1-14-20-8-5-17(22-14)23-9-6-15(7-10-23)12-24-13-21-16(11-18(24)25)19(2,3)4/h5,8,11,13,15H,6-7,9-10,12H2,1-4H3. The van der Waals surface area contributed by atoms with Crippen LogP contribution in [0.4, 0.5) is 5.82 Å². The molecule has 0 amide bonds. The van der Waals surface area contributed by atoms with Crippen molar-refractivity contribution in [2.24, 2.45) is 5.92 Å². The van der Waals surface area contributed by atoms with Gasteiger partial charge < -0.3 is 4.90 Å². The largest absolute Gasteiger partial charge is 0.356 e. The van der Waals surface area contributed by atoms with Gasteiger partial charge in [0.15, 0.2) is 0 Å². The van der Waals surface area contributed by atoms with Crippen LogP contribution in [0.5, 0.6) is 0 Å². The molecule has 0 radical (unpaired) electrons. The van der Waals surface area contributed by atoms with Gasteiger partial charge in [0.25, 0.3) is 5.56 Å². The van der Waals surface area contributed by atoms with Crippen molar-refractivity contribution in [3.05, 3.63) is 46.5 Å². The molecule has 0 aliphatic carbocycles. The molecular formula is C19H27N5O. The number of nitrogens with zero attached hydrogens (tertiary/aromatic N) is 5. The lowest BCUT2D eigenvalue weighted by molar-refractivity contribution is 0.349.